The SMILES string of the molecule is Cc1nnc(SCc2c(C(=O)Nc3cc4c(cc3Cl)OCCO4)oc3ccccc23)s1. The fourth-order valence-corrected chi connectivity index (χ4v) is 5.28. The average Bonchev–Trinajstić information content (AvgIpc) is 3.36. The van der Waals surface area contributed by atoms with Crippen molar-refractivity contribution < 1.29 is 18.7 Å². The van der Waals surface area contributed by atoms with Crippen molar-refractivity contribution >= 4 is 57.3 Å². The molecule has 0 radical (unpaired) electrons. The van der Waals surface area contributed by atoms with Gasteiger partial charge < -0.3 is 19.2 Å². The molecule has 10 heteroatoms. The fourth-order valence-electron chi connectivity index (χ4n) is 3.24. The summed E-state index contributed by atoms with van der Waals surface area (Å²) in [7, 11) is 0. The Bertz CT molecular complexity index is 1290. The minimum absolute atomic E-state index is 0.237. The van der Waals surface area contributed by atoms with E-state index in [1.165, 1.54) is 23.1 Å². The molecule has 0 unspecified atom stereocenters. The van der Waals surface area contributed by atoms with Gasteiger partial charge in [0, 0.05) is 28.8 Å². The minimum Gasteiger partial charge on any atom is -0.486 e. The quantitative estimate of drug-likeness (QED) is 0.379. The van der Waals surface area contributed by atoms with Crippen molar-refractivity contribution in [3.8, 4) is 11.5 Å². The van der Waals surface area contributed by atoms with Crippen molar-refractivity contribution in [2.45, 2.75) is 17.0 Å². The lowest BCUT2D eigenvalue weighted by molar-refractivity contribution is 0.0997. The third kappa shape index (κ3) is 4.08. The van der Waals surface area contributed by atoms with Crippen molar-refractivity contribution in [2.24, 2.45) is 0 Å². The number of carbonyl (C=O) groups is 1. The molecule has 0 saturated carbocycles. The first kappa shape index (κ1) is 20.2. The molecule has 1 aliphatic heterocycles. The van der Waals surface area contributed by atoms with E-state index in [-0.39, 0.29) is 11.7 Å². The van der Waals surface area contributed by atoms with Gasteiger partial charge in [-0.2, -0.15) is 0 Å². The Labute approximate surface area is 190 Å². The lowest BCUT2D eigenvalue weighted by atomic mass is 10.1. The first-order valence-corrected chi connectivity index (χ1v) is 11.6. The molecule has 31 heavy (non-hydrogen) atoms. The van der Waals surface area contributed by atoms with E-state index in [0.717, 1.165) is 20.3 Å². The molecule has 1 amide bonds. The maximum atomic E-state index is 13.2. The summed E-state index contributed by atoms with van der Waals surface area (Å²) < 4.78 is 17.9. The van der Waals surface area contributed by atoms with Crippen LogP contribution in [0.1, 0.15) is 21.1 Å². The van der Waals surface area contributed by atoms with Gasteiger partial charge in [-0.15, -0.1) is 10.2 Å². The highest BCUT2D eigenvalue weighted by Gasteiger charge is 2.23. The van der Waals surface area contributed by atoms with Gasteiger partial charge in [0.2, 0.25) is 0 Å². The Morgan fingerprint density at radius 3 is 2.74 bits per heavy atom. The van der Waals surface area contributed by atoms with E-state index in [0.29, 0.717) is 46.8 Å². The number of nitrogens with zero attached hydrogens (tertiary/aromatic N) is 2. The zero-order valence-corrected chi connectivity index (χ0v) is 18.7. The topological polar surface area (TPSA) is 86.5 Å². The van der Waals surface area contributed by atoms with Gasteiger partial charge >= 0.3 is 0 Å². The highest BCUT2D eigenvalue weighted by atomic mass is 35.5. The zero-order valence-electron chi connectivity index (χ0n) is 16.3. The second kappa shape index (κ2) is 8.41. The van der Waals surface area contributed by atoms with Crippen molar-refractivity contribution in [3.63, 3.8) is 0 Å². The lowest BCUT2D eigenvalue weighted by Crippen LogP contribution is -2.17. The van der Waals surface area contributed by atoms with Crippen LogP contribution in [0.5, 0.6) is 11.5 Å². The number of rotatable bonds is 5. The molecule has 2 aromatic heterocycles. The number of carbonyl (C=O) groups excluding carboxylic acids is 1. The monoisotopic (exact) mass is 473 g/mol. The van der Waals surface area contributed by atoms with E-state index < -0.39 is 0 Å². The summed E-state index contributed by atoms with van der Waals surface area (Å²) in [6.07, 6.45) is 0. The number of aromatic nitrogens is 2. The van der Waals surface area contributed by atoms with E-state index in [9.17, 15) is 4.79 Å². The summed E-state index contributed by atoms with van der Waals surface area (Å²) in [5, 5.41) is 13.2. The van der Waals surface area contributed by atoms with Gasteiger partial charge in [0.1, 0.15) is 23.8 Å². The minimum atomic E-state index is -0.390. The van der Waals surface area contributed by atoms with E-state index in [4.69, 9.17) is 25.5 Å². The second-order valence-electron chi connectivity index (χ2n) is 6.71. The highest BCUT2D eigenvalue weighted by molar-refractivity contribution is 8.00. The number of anilines is 1. The summed E-state index contributed by atoms with van der Waals surface area (Å²) in [6.45, 7) is 2.81. The van der Waals surface area contributed by atoms with Gasteiger partial charge in [0.15, 0.2) is 21.6 Å². The molecule has 3 heterocycles. The molecular formula is C21H16ClN3O4S2. The molecule has 2 aromatic carbocycles. The molecule has 0 fully saturated rings. The number of thioether (sulfide) groups is 1. The number of ether oxygens (including phenoxy) is 2. The lowest BCUT2D eigenvalue weighted by Gasteiger charge is -2.19. The van der Waals surface area contributed by atoms with E-state index >= 15 is 0 Å². The Kier molecular flexibility index (Phi) is 5.47. The van der Waals surface area contributed by atoms with Crippen LogP contribution < -0.4 is 14.8 Å². The highest BCUT2D eigenvalue weighted by Crippen LogP contribution is 2.39. The van der Waals surface area contributed by atoms with Crippen LogP contribution in [0.3, 0.4) is 0 Å². The molecule has 4 aromatic rings. The number of aryl methyl sites for hydroxylation is 1. The number of benzene rings is 2. The van der Waals surface area contributed by atoms with Gasteiger partial charge in [0.05, 0.1) is 10.7 Å². The summed E-state index contributed by atoms with van der Waals surface area (Å²) in [4.78, 5) is 13.2. The molecule has 0 bridgehead atoms. The van der Waals surface area contributed by atoms with Crippen LogP contribution in [0, 0.1) is 6.92 Å². The molecule has 0 saturated heterocycles. The van der Waals surface area contributed by atoms with Gasteiger partial charge in [-0.25, -0.2) is 0 Å². The number of para-hydroxylation sites is 1. The first-order chi connectivity index (χ1) is 15.1. The Hall–Kier alpha value is -2.75. The van der Waals surface area contributed by atoms with Crippen molar-refractivity contribution in [2.75, 3.05) is 18.5 Å². The molecule has 0 spiro atoms. The summed E-state index contributed by atoms with van der Waals surface area (Å²) in [5.41, 5.74) is 1.86. The predicted octanol–water partition coefficient (Wildman–Crippen LogP) is 5.56. The molecular weight excluding hydrogens is 458 g/mol. The van der Waals surface area contributed by atoms with E-state index in [1.807, 2.05) is 31.2 Å². The zero-order chi connectivity index (χ0) is 21.4. The molecule has 158 valence electrons. The largest absolute Gasteiger partial charge is 0.486 e. The maximum Gasteiger partial charge on any atom is 0.291 e. The Morgan fingerprint density at radius 1 is 1.19 bits per heavy atom. The molecule has 1 N–H and O–H groups in total. The van der Waals surface area contributed by atoms with Crippen molar-refractivity contribution in [3.05, 3.63) is 57.8 Å². The van der Waals surface area contributed by atoms with Crippen LogP contribution >= 0.6 is 34.7 Å². The number of hydrogen-bond acceptors (Lipinski definition) is 8. The third-order valence-electron chi connectivity index (χ3n) is 4.63. The van der Waals surface area contributed by atoms with Crippen molar-refractivity contribution in [1.82, 2.24) is 10.2 Å². The molecule has 0 atom stereocenters. The number of furan rings is 1. The second-order valence-corrected chi connectivity index (χ2v) is 9.52. The van der Waals surface area contributed by atoms with Gasteiger partial charge in [-0.3, -0.25) is 4.79 Å². The number of amides is 1. The number of halogens is 1. The Balaban J connectivity index is 1.45. The van der Waals surface area contributed by atoms with Gasteiger partial charge in [0.25, 0.3) is 5.91 Å². The summed E-state index contributed by atoms with van der Waals surface area (Å²) in [6, 6.07) is 10.9. The predicted molar refractivity (Wildman–Crippen MR) is 121 cm³/mol. The summed E-state index contributed by atoms with van der Waals surface area (Å²) >= 11 is 9.38. The summed E-state index contributed by atoms with van der Waals surface area (Å²) in [5.74, 6) is 1.46. The van der Waals surface area contributed by atoms with Crippen LogP contribution in [0.25, 0.3) is 11.0 Å². The molecule has 0 aliphatic carbocycles. The molecule has 7 nitrogen and oxygen atoms in total. The maximum absolute atomic E-state index is 13.2. The number of hydrogen-bond donors (Lipinski definition) is 1. The third-order valence-corrected chi connectivity index (χ3v) is 6.94. The van der Waals surface area contributed by atoms with Crippen LogP contribution in [0.4, 0.5) is 5.69 Å². The standard InChI is InChI=1S/C21H16ClN3O4S2/c1-11-24-25-21(31-11)30-10-13-12-4-2-3-5-16(12)29-19(13)20(26)23-15-9-18-17(8-14(15)22)27-6-7-28-18/h2-5,8-9H,6-7,10H2,1H3,(H,23,26). The van der Waals surface area contributed by atoms with Gasteiger partial charge in [-0.1, -0.05) is 52.9 Å². The fraction of sp³-hybridized carbons (Fsp3) is 0.190. The van der Waals surface area contributed by atoms with Crippen LogP contribution in [-0.2, 0) is 5.75 Å². The normalized spacial score (nSPS) is 12.8. The Morgan fingerprint density at radius 2 is 1.97 bits per heavy atom. The van der Waals surface area contributed by atoms with Crippen LogP contribution in [0.2, 0.25) is 5.02 Å². The average molecular weight is 474 g/mol. The van der Waals surface area contributed by atoms with E-state index in [2.05, 4.69) is 15.5 Å². The van der Waals surface area contributed by atoms with Crippen LogP contribution in [-0.4, -0.2) is 29.3 Å². The molecule has 1 aliphatic rings. The van der Waals surface area contributed by atoms with Crippen molar-refractivity contribution in [1.29, 1.82) is 0 Å². The first-order valence-electron chi connectivity index (χ1n) is 9.42. The number of fused-ring (bicyclic) bond motifs is 2. The molecule has 5 rings (SSSR count). The van der Waals surface area contributed by atoms with Gasteiger partial charge in [-0.05, 0) is 13.0 Å². The van der Waals surface area contributed by atoms with Crippen LogP contribution in [0.15, 0.2) is 45.2 Å². The van der Waals surface area contributed by atoms with E-state index in [1.54, 1.807) is 12.1 Å². The number of nitrogens with one attached hydrogen (secondary N) is 1. The smallest absolute Gasteiger partial charge is 0.291 e.